The average molecular weight is 662 g/mol. The summed E-state index contributed by atoms with van der Waals surface area (Å²) in [4.78, 5) is 36.7. The van der Waals surface area contributed by atoms with E-state index in [0.29, 0.717) is 25.0 Å². The standard InChI is InChI=1S/C32H32F5N5O3S/c1-4-26(43)42-16(2)10-39(11-17(42)3)30-23-9-24(32(35,36)37)27(22-6-5-18(33)7-25(22)34)29-28(23)41(31(44)38-30)12-20(15-46-29)40-13-21-8-19(40)14-45-21/h4-7,9,16-17,19-21H,1,8,10-15H2,2-3H3/t16-,17+,19-,20?,21-/m0/s1. The topological polar surface area (TPSA) is 70.9 Å². The second kappa shape index (κ2) is 11.3. The van der Waals surface area contributed by atoms with E-state index in [-0.39, 0.29) is 77.4 Å². The molecule has 4 aliphatic rings. The molecule has 0 saturated carbocycles. The zero-order valence-electron chi connectivity index (χ0n) is 25.2. The number of fused-ring (bicyclic) bond motifs is 2. The van der Waals surface area contributed by atoms with Crippen molar-refractivity contribution in [3.8, 4) is 11.1 Å². The summed E-state index contributed by atoms with van der Waals surface area (Å²) < 4.78 is 81.5. The minimum absolute atomic E-state index is 0.0641. The fourth-order valence-electron chi connectivity index (χ4n) is 7.68. The number of halogens is 5. The molecule has 8 nitrogen and oxygen atoms in total. The summed E-state index contributed by atoms with van der Waals surface area (Å²) in [5.74, 6) is -1.91. The number of alkyl halides is 3. The minimum Gasteiger partial charge on any atom is -0.375 e. The molecule has 3 saturated heterocycles. The summed E-state index contributed by atoms with van der Waals surface area (Å²) >= 11 is 1.15. The first-order valence-electron chi connectivity index (χ1n) is 15.2. The van der Waals surface area contributed by atoms with E-state index in [2.05, 4.69) is 16.5 Å². The van der Waals surface area contributed by atoms with Gasteiger partial charge < -0.3 is 14.5 Å². The normalized spacial score (nSPS) is 26.5. The third kappa shape index (κ3) is 5.09. The van der Waals surface area contributed by atoms with E-state index in [1.165, 1.54) is 10.6 Å². The van der Waals surface area contributed by atoms with Crippen molar-refractivity contribution in [3.05, 3.63) is 64.6 Å². The number of rotatable bonds is 4. The molecular weight excluding hydrogens is 629 g/mol. The molecule has 1 aromatic heterocycles. The molecule has 2 bridgehead atoms. The molecular formula is C32H32F5N5O3S. The number of carbonyl (C=O) groups excluding carboxylic acids is 1. The van der Waals surface area contributed by atoms with Crippen LogP contribution in [-0.4, -0.2) is 87.5 Å². The molecule has 0 aliphatic carbocycles. The summed E-state index contributed by atoms with van der Waals surface area (Å²) in [5, 5.41) is 0.107. The highest BCUT2D eigenvalue weighted by molar-refractivity contribution is 7.99. The maximum atomic E-state index is 15.4. The van der Waals surface area contributed by atoms with Gasteiger partial charge in [0.15, 0.2) is 0 Å². The number of morpholine rings is 1. The number of ether oxygens (including phenoxy) is 1. The molecule has 5 atom stereocenters. The van der Waals surface area contributed by atoms with Crippen LogP contribution in [0.3, 0.4) is 0 Å². The minimum atomic E-state index is -4.92. The fourth-order valence-corrected chi connectivity index (χ4v) is 9.06. The van der Waals surface area contributed by atoms with Crippen LogP contribution in [0.2, 0.25) is 0 Å². The second-order valence-corrected chi connectivity index (χ2v) is 13.6. The first-order chi connectivity index (χ1) is 21.8. The van der Waals surface area contributed by atoms with Gasteiger partial charge >= 0.3 is 11.9 Å². The summed E-state index contributed by atoms with van der Waals surface area (Å²) in [5.41, 5.74) is -2.33. The van der Waals surface area contributed by atoms with Gasteiger partial charge in [-0.2, -0.15) is 18.2 Å². The Hall–Kier alpha value is -3.49. The first kappa shape index (κ1) is 31.1. The zero-order valence-corrected chi connectivity index (χ0v) is 26.0. The van der Waals surface area contributed by atoms with Crippen molar-refractivity contribution in [3.63, 3.8) is 0 Å². The van der Waals surface area contributed by atoms with Crippen LogP contribution in [0.15, 0.2) is 46.6 Å². The number of aromatic nitrogens is 2. The SMILES string of the molecule is C=CC(=O)N1[C@H](C)CN(c2nc(=O)n3c4c(c(-c5ccc(F)cc5F)c(C(F)(F)F)cc24)SCC(N2C[C@@H]4C[C@H]2CO4)C3)C[C@@H]1C. The van der Waals surface area contributed by atoms with Gasteiger partial charge in [0.2, 0.25) is 5.91 Å². The van der Waals surface area contributed by atoms with Crippen LogP contribution in [0, 0.1) is 11.6 Å². The van der Waals surface area contributed by atoms with E-state index in [1.54, 1.807) is 9.80 Å². The Morgan fingerprint density at radius 3 is 2.43 bits per heavy atom. The lowest BCUT2D eigenvalue weighted by Crippen LogP contribution is -2.58. The summed E-state index contributed by atoms with van der Waals surface area (Å²) in [6.07, 6.45) is -2.80. The molecule has 1 amide bonds. The van der Waals surface area contributed by atoms with Gasteiger partial charge in [0.05, 0.1) is 23.8 Å². The number of piperazine rings is 1. The molecule has 3 aromatic rings. The number of anilines is 1. The molecule has 14 heteroatoms. The first-order valence-corrected chi connectivity index (χ1v) is 16.2. The molecule has 1 unspecified atom stereocenters. The molecule has 2 aromatic carbocycles. The fraction of sp³-hybridized carbons (Fsp3) is 0.469. The third-order valence-electron chi connectivity index (χ3n) is 9.58. The summed E-state index contributed by atoms with van der Waals surface area (Å²) in [7, 11) is 0. The molecule has 0 spiro atoms. The van der Waals surface area contributed by atoms with Gasteiger partial charge in [-0.3, -0.25) is 14.3 Å². The quantitative estimate of drug-likeness (QED) is 0.291. The molecule has 5 heterocycles. The predicted octanol–water partition coefficient (Wildman–Crippen LogP) is 4.92. The van der Waals surface area contributed by atoms with E-state index < -0.39 is 40.2 Å². The van der Waals surface area contributed by atoms with Gasteiger partial charge in [0, 0.05) is 83.6 Å². The third-order valence-corrected chi connectivity index (χ3v) is 10.8. The number of hydrogen-bond donors (Lipinski definition) is 0. The van der Waals surface area contributed by atoms with Gasteiger partial charge in [-0.25, -0.2) is 13.6 Å². The van der Waals surface area contributed by atoms with Gasteiger partial charge in [0.25, 0.3) is 0 Å². The zero-order chi connectivity index (χ0) is 32.7. The lowest BCUT2D eigenvalue weighted by Gasteiger charge is -2.44. The van der Waals surface area contributed by atoms with Crippen molar-refractivity contribution in [2.75, 3.05) is 36.9 Å². The summed E-state index contributed by atoms with van der Waals surface area (Å²) in [6, 6.07) is 2.65. The predicted molar refractivity (Wildman–Crippen MR) is 164 cm³/mol. The number of thioether (sulfide) groups is 1. The molecule has 3 fully saturated rings. The van der Waals surface area contributed by atoms with E-state index >= 15 is 17.6 Å². The highest BCUT2D eigenvalue weighted by Gasteiger charge is 2.45. The van der Waals surface area contributed by atoms with Crippen LogP contribution >= 0.6 is 11.8 Å². The van der Waals surface area contributed by atoms with Gasteiger partial charge in [-0.1, -0.05) is 6.58 Å². The van der Waals surface area contributed by atoms with Crippen LogP contribution in [0.5, 0.6) is 0 Å². The monoisotopic (exact) mass is 661 g/mol. The lowest BCUT2D eigenvalue weighted by atomic mass is 9.95. The molecule has 0 radical (unpaired) electrons. The smallest absolute Gasteiger partial charge is 0.375 e. The van der Waals surface area contributed by atoms with E-state index in [1.807, 2.05) is 13.8 Å². The number of hydrogen-bond acceptors (Lipinski definition) is 7. The Morgan fingerprint density at radius 2 is 1.83 bits per heavy atom. The van der Waals surface area contributed by atoms with Crippen LogP contribution in [0.4, 0.5) is 27.8 Å². The Bertz CT molecular complexity index is 1800. The maximum Gasteiger partial charge on any atom is 0.417 e. The van der Waals surface area contributed by atoms with Crippen molar-refractivity contribution in [2.24, 2.45) is 0 Å². The Labute approximate surface area is 265 Å². The van der Waals surface area contributed by atoms with Crippen molar-refractivity contribution < 1.29 is 31.5 Å². The van der Waals surface area contributed by atoms with Crippen molar-refractivity contribution in [2.45, 2.75) is 68.2 Å². The molecule has 46 heavy (non-hydrogen) atoms. The Morgan fingerprint density at radius 1 is 1.09 bits per heavy atom. The maximum absolute atomic E-state index is 15.4. The van der Waals surface area contributed by atoms with Gasteiger partial charge in [-0.15, -0.1) is 11.8 Å². The van der Waals surface area contributed by atoms with Crippen molar-refractivity contribution in [1.29, 1.82) is 0 Å². The highest BCUT2D eigenvalue weighted by Crippen LogP contribution is 2.49. The number of carbonyl (C=O) groups is 1. The largest absolute Gasteiger partial charge is 0.417 e. The summed E-state index contributed by atoms with van der Waals surface area (Å²) in [6.45, 7) is 9.00. The number of likely N-dealkylation sites (tertiary alicyclic amines) is 1. The number of nitrogens with zero attached hydrogens (tertiary/aromatic N) is 5. The van der Waals surface area contributed by atoms with Gasteiger partial charge in [-0.05, 0) is 44.5 Å². The van der Waals surface area contributed by atoms with E-state index in [9.17, 15) is 14.0 Å². The lowest BCUT2D eigenvalue weighted by molar-refractivity contribution is -0.137. The average Bonchev–Trinajstić information content (AvgIpc) is 3.57. The highest BCUT2D eigenvalue weighted by atomic mass is 32.2. The van der Waals surface area contributed by atoms with Crippen molar-refractivity contribution in [1.82, 2.24) is 19.4 Å². The van der Waals surface area contributed by atoms with Crippen LogP contribution in [0.25, 0.3) is 22.0 Å². The van der Waals surface area contributed by atoms with Crippen LogP contribution in [0.1, 0.15) is 25.8 Å². The Kier molecular flexibility index (Phi) is 7.67. The van der Waals surface area contributed by atoms with Crippen LogP contribution < -0.4 is 10.6 Å². The van der Waals surface area contributed by atoms with Gasteiger partial charge in [0.1, 0.15) is 17.5 Å². The number of amides is 1. The molecule has 0 N–H and O–H groups in total. The molecule has 4 aliphatic heterocycles. The molecule has 244 valence electrons. The van der Waals surface area contributed by atoms with Crippen LogP contribution in [-0.2, 0) is 22.3 Å². The van der Waals surface area contributed by atoms with E-state index in [0.717, 1.165) is 36.4 Å². The second-order valence-electron chi connectivity index (χ2n) is 12.5. The molecule has 7 rings (SSSR count). The van der Waals surface area contributed by atoms with E-state index in [4.69, 9.17) is 4.74 Å². The van der Waals surface area contributed by atoms with Crippen molar-refractivity contribution >= 4 is 34.4 Å². The number of benzene rings is 2. The Balaban J connectivity index is 1.46.